The lowest BCUT2D eigenvalue weighted by molar-refractivity contribution is -0.112. The van der Waals surface area contributed by atoms with Crippen LogP contribution in [0, 0.1) is 0 Å². The molecule has 0 unspecified atom stereocenters. The molecule has 6 heteroatoms. The van der Waals surface area contributed by atoms with Gasteiger partial charge in [-0.2, -0.15) is 5.10 Å². The fourth-order valence-electron chi connectivity index (χ4n) is 2.82. The molecule has 28 heavy (non-hydrogen) atoms. The number of aromatic nitrogens is 2. The van der Waals surface area contributed by atoms with Gasteiger partial charge in [0.05, 0.1) is 35.1 Å². The van der Waals surface area contributed by atoms with E-state index in [1.54, 1.807) is 35.1 Å². The van der Waals surface area contributed by atoms with Crippen molar-refractivity contribution in [1.82, 2.24) is 9.78 Å². The summed E-state index contributed by atoms with van der Waals surface area (Å²) in [5.41, 5.74) is 1.73. The first kappa shape index (κ1) is 19.5. The van der Waals surface area contributed by atoms with E-state index in [4.69, 9.17) is 16.3 Å². The monoisotopic (exact) mass is 393 g/mol. The number of rotatable bonds is 5. The molecule has 1 N–H and O–H groups in total. The Labute approximate surface area is 168 Å². The Bertz CT molecular complexity index is 1120. The number of carbonyl (C=O) groups is 1. The molecule has 0 saturated carbocycles. The van der Waals surface area contributed by atoms with Gasteiger partial charge in [-0.05, 0) is 43.3 Å². The standard InChI is InChI=1S/C22H20ClN3O2/c1-4-20-19(14-24-26(20)18-8-6-5-7-9-18)21(28-3)15(2)22(27)25-17-12-10-16(23)11-13-17/h4-14H,2H2,1,3H3,(H,25,27)/b20-4+,21-19+. The molecule has 1 aromatic heterocycles. The largest absolute Gasteiger partial charge is 0.495 e. The molecule has 0 spiro atoms. The summed E-state index contributed by atoms with van der Waals surface area (Å²) in [6.45, 7) is 5.83. The van der Waals surface area contributed by atoms with E-state index in [1.807, 2.05) is 43.3 Å². The Morgan fingerprint density at radius 1 is 1.18 bits per heavy atom. The number of ether oxygens (including phenoxy) is 1. The highest BCUT2D eigenvalue weighted by Gasteiger charge is 2.16. The second-order valence-corrected chi connectivity index (χ2v) is 6.39. The molecule has 0 bridgehead atoms. The fraction of sp³-hybridized carbons (Fsp3) is 0.0909. The van der Waals surface area contributed by atoms with Gasteiger partial charge in [0, 0.05) is 10.7 Å². The van der Waals surface area contributed by atoms with Gasteiger partial charge in [0.15, 0.2) is 0 Å². The minimum Gasteiger partial charge on any atom is -0.495 e. The molecular formula is C22H20ClN3O2. The maximum Gasteiger partial charge on any atom is 0.258 e. The maximum atomic E-state index is 12.7. The van der Waals surface area contributed by atoms with Gasteiger partial charge in [-0.15, -0.1) is 0 Å². The third-order valence-electron chi connectivity index (χ3n) is 4.18. The maximum absolute atomic E-state index is 12.7. The van der Waals surface area contributed by atoms with Crippen molar-refractivity contribution in [1.29, 1.82) is 0 Å². The van der Waals surface area contributed by atoms with Crippen LogP contribution in [0.5, 0.6) is 0 Å². The summed E-state index contributed by atoms with van der Waals surface area (Å²) in [6, 6.07) is 16.6. The molecule has 2 aromatic carbocycles. The van der Waals surface area contributed by atoms with Gasteiger partial charge < -0.3 is 10.1 Å². The van der Waals surface area contributed by atoms with Gasteiger partial charge in [0.2, 0.25) is 0 Å². The fourth-order valence-corrected chi connectivity index (χ4v) is 2.95. The van der Waals surface area contributed by atoms with Gasteiger partial charge in [-0.25, -0.2) is 4.68 Å². The highest BCUT2D eigenvalue weighted by molar-refractivity contribution is 6.30. The zero-order valence-corrected chi connectivity index (χ0v) is 16.4. The van der Waals surface area contributed by atoms with Gasteiger partial charge in [-0.3, -0.25) is 4.79 Å². The zero-order chi connectivity index (χ0) is 20.1. The molecule has 0 aliphatic rings. The first-order chi connectivity index (χ1) is 13.5. The minimum atomic E-state index is -0.367. The van der Waals surface area contributed by atoms with Crippen molar-refractivity contribution in [2.45, 2.75) is 6.92 Å². The number of para-hydroxylation sites is 1. The first-order valence-electron chi connectivity index (χ1n) is 8.65. The predicted molar refractivity (Wildman–Crippen MR) is 113 cm³/mol. The van der Waals surface area contributed by atoms with Crippen molar-refractivity contribution in [3.05, 3.63) is 88.5 Å². The molecule has 0 saturated heterocycles. The number of carbonyl (C=O) groups excluding carboxylic acids is 1. The van der Waals surface area contributed by atoms with Gasteiger partial charge in [0.25, 0.3) is 5.91 Å². The first-order valence-corrected chi connectivity index (χ1v) is 9.03. The van der Waals surface area contributed by atoms with Crippen LogP contribution in [-0.2, 0) is 9.53 Å². The summed E-state index contributed by atoms with van der Waals surface area (Å²) in [5.74, 6) is -0.00423. The summed E-state index contributed by atoms with van der Waals surface area (Å²) in [5, 5.41) is 9.34. The van der Waals surface area contributed by atoms with E-state index in [0.717, 1.165) is 11.0 Å². The third-order valence-corrected chi connectivity index (χ3v) is 4.43. The normalized spacial score (nSPS) is 12.5. The second-order valence-electron chi connectivity index (χ2n) is 5.95. The molecule has 1 heterocycles. The van der Waals surface area contributed by atoms with Crippen LogP contribution in [0.1, 0.15) is 6.92 Å². The van der Waals surface area contributed by atoms with E-state index in [1.165, 1.54) is 7.11 Å². The predicted octanol–water partition coefficient (Wildman–Crippen LogP) is 3.28. The molecule has 3 rings (SSSR count). The Morgan fingerprint density at radius 3 is 2.46 bits per heavy atom. The van der Waals surface area contributed by atoms with Crippen LogP contribution >= 0.6 is 11.6 Å². The van der Waals surface area contributed by atoms with Crippen molar-refractivity contribution >= 4 is 35.0 Å². The zero-order valence-electron chi connectivity index (χ0n) is 15.6. The van der Waals surface area contributed by atoms with Crippen LogP contribution < -0.4 is 15.9 Å². The summed E-state index contributed by atoms with van der Waals surface area (Å²) in [6.07, 6.45) is 3.58. The lowest BCUT2D eigenvalue weighted by Crippen LogP contribution is -2.32. The van der Waals surface area contributed by atoms with Crippen LogP contribution in [0.15, 0.2) is 72.9 Å². The number of methoxy groups -OCH3 is 1. The number of benzene rings is 2. The number of hydrogen-bond donors (Lipinski definition) is 1. The molecular weight excluding hydrogens is 374 g/mol. The molecule has 5 nitrogen and oxygen atoms in total. The summed E-state index contributed by atoms with van der Waals surface area (Å²) in [7, 11) is 1.51. The quantitative estimate of drug-likeness (QED) is 0.677. The average molecular weight is 394 g/mol. The van der Waals surface area contributed by atoms with Crippen molar-refractivity contribution in [3.8, 4) is 5.69 Å². The van der Waals surface area contributed by atoms with E-state index in [-0.39, 0.29) is 11.5 Å². The van der Waals surface area contributed by atoms with Crippen molar-refractivity contribution in [3.63, 3.8) is 0 Å². The molecule has 0 aliphatic heterocycles. The molecule has 0 aliphatic carbocycles. The van der Waals surface area contributed by atoms with Crippen LogP contribution in [0.25, 0.3) is 17.5 Å². The minimum absolute atomic E-state index is 0.202. The smallest absolute Gasteiger partial charge is 0.258 e. The van der Waals surface area contributed by atoms with Gasteiger partial charge in [0.1, 0.15) is 5.76 Å². The van der Waals surface area contributed by atoms with Crippen molar-refractivity contribution in [2.24, 2.45) is 0 Å². The number of hydrogen-bond acceptors (Lipinski definition) is 3. The van der Waals surface area contributed by atoms with Crippen LogP contribution in [0.3, 0.4) is 0 Å². The number of nitrogens with one attached hydrogen (secondary N) is 1. The highest BCUT2D eigenvalue weighted by atomic mass is 35.5. The summed E-state index contributed by atoms with van der Waals surface area (Å²) < 4.78 is 7.32. The Balaban J connectivity index is 2.01. The van der Waals surface area contributed by atoms with E-state index in [0.29, 0.717) is 21.7 Å². The Hall–Kier alpha value is -3.31. The van der Waals surface area contributed by atoms with E-state index >= 15 is 0 Å². The topological polar surface area (TPSA) is 56.1 Å². The SMILES string of the molecule is C=C(C(=O)Nc1ccc(Cl)cc1)/C(OC)=c1/cnn(-c2ccccc2)/c1=C/C. The highest BCUT2D eigenvalue weighted by Crippen LogP contribution is 2.16. The molecule has 0 atom stereocenters. The number of nitrogens with zero attached hydrogens (tertiary/aromatic N) is 2. The average Bonchev–Trinajstić information content (AvgIpc) is 3.14. The lowest BCUT2D eigenvalue weighted by Gasteiger charge is -2.10. The van der Waals surface area contributed by atoms with Crippen LogP contribution in [0.2, 0.25) is 5.02 Å². The Morgan fingerprint density at radius 2 is 1.86 bits per heavy atom. The van der Waals surface area contributed by atoms with Crippen LogP contribution in [0.4, 0.5) is 5.69 Å². The summed E-state index contributed by atoms with van der Waals surface area (Å²) >= 11 is 5.88. The lowest BCUT2D eigenvalue weighted by atomic mass is 10.2. The molecule has 142 valence electrons. The van der Waals surface area contributed by atoms with Crippen LogP contribution in [-0.4, -0.2) is 22.8 Å². The number of anilines is 1. The molecule has 0 radical (unpaired) electrons. The Kier molecular flexibility index (Phi) is 5.96. The molecule has 3 aromatic rings. The third kappa shape index (κ3) is 4.00. The van der Waals surface area contributed by atoms with E-state index in [9.17, 15) is 4.79 Å². The second kappa shape index (κ2) is 8.59. The van der Waals surface area contributed by atoms with Crippen molar-refractivity contribution < 1.29 is 9.53 Å². The number of amides is 1. The summed E-state index contributed by atoms with van der Waals surface area (Å²) in [4.78, 5) is 12.7. The van der Waals surface area contributed by atoms with Gasteiger partial charge >= 0.3 is 0 Å². The number of halogens is 1. The van der Waals surface area contributed by atoms with E-state index in [2.05, 4.69) is 17.0 Å². The van der Waals surface area contributed by atoms with E-state index < -0.39 is 0 Å². The van der Waals surface area contributed by atoms with Crippen molar-refractivity contribution in [2.75, 3.05) is 12.4 Å². The molecule has 1 amide bonds. The van der Waals surface area contributed by atoms with Gasteiger partial charge in [-0.1, -0.05) is 42.5 Å². The molecule has 0 fully saturated rings.